The third kappa shape index (κ3) is 4.39. The molecule has 160 valence electrons. The molecule has 0 bridgehead atoms. The van der Waals surface area contributed by atoms with Crippen LogP contribution in [0.5, 0.6) is 11.6 Å². The van der Waals surface area contributed by atoms with Gasteiger partial charge in [0.2, 0.25) is 12.2 Å². The highest BCUT2D eigenvalue weighted by atomic mass is 16.7. The second-order valence-corrected chi connectivity index (χ2v) is 7.38. The largest absolute Gasteiger partial charge is 0.496 e. The average molecular weight is 408 g/mol. The molecule has 29 heavy (non-hydrogen) atoms. The topological polar surface area (TPSA) is 137 Å². The summed E-state index contributed by atoms with van der Waals surface area (Å²) in [5, 5.41) is 46.8. The van der Waals surface area contributed by atoms with Crippen molar-refractivity contribution >= 4 is 0 Å². The van der Waals surface area contributed by atoms with E-state index in [4.69, 9.17) is 14.2 Å². The zero-order chi connectivity index (χ0) is 21.1. The Morgan fingerprint density at radius 3 is 2.52 bits per heavy atom. The van der Waals surface area contributed by atoms with Crippen LogP contribution in [0.3, 0.4) is 0 Å². The van der Waals surface area contributed by atoms with E-state index in [0.717, 1.165) is 22.6 Å². The van der Waals surface area contributed by atoms with Crippen molar-refractivity contribution in [1.29, 1.82) is 0 Å². The van der Waals surface area contributed by atoms with E-state index in [-0.39, 0.29) is 11.8 Å². The molecule has 2 aromatic rings. The summed E-state index contributed by atoms with van der Waals surface area (Å²) in [6.45, 7) is 3.49. The van der Waals surface area contributed by atoms with E-state index in [0.29, 0.717) is 6.42 Å². The number of hydrogen-bond acceptors (Lipinski definition) is 8. The first kappa shape index (κ1) is 21.5. The summed E-state index contributed by atoms with van der Waals surface area (Å²) in [7, 11) is 1.60. The van der Waals surface area contributed by atoms with Crippen LogP contribution in [0.25, 0.3) is 0 Å². The molecule has 2 heterocycles. The smallest absolute Gasteiger partial charge is 0.238 e. The second kappa shape index (κ2) is 9.10. The molecule has 1 aromatic heterocycles. The quantitative estimate of drug-likeness (QED) is 0.441. The molecule has 0 radical (unpaired) electrons. The van der Waals surface area contributed by atoms with Crippen LogP contribution in [0.2, 0.25) is 0 Å². The molecule has 5 N–H and O–H groups in total. The Bertz CT molecular complexity index is 808. The maximum absolute atomic E-state index is 10.3. The SMILES string of the molecule is COc1ccccc1Cc1c(O[C@@H]2O[C@H](CO)[C@@H](O)[C@H](O)[C@H]2O)n[nH]c1C(C)C. The van der Waals surface area contributed by atoms with Crippen molar-refractivity contribution in [2.75, 3.05) is 13.7 Å². The highest BCUT2D eigenvalue weighted by Gasteiger charge is 2.45. The van der Waals surface area contributed by atoms with Crippen LogP contribution in [0.4, 0.5) is 0 Å². The molecule has 5 atom stereocenters. The summed E-state index contributed by atoms with van der Waals surface area (Å²) in [6.07, 6.45) is -6.38. The van der Waals surface area contributed by atoms with Crippen molar-refractivity contribution in [3.63, 3.8) is 0 Å². The molecule has 3 rings (SSSR count). The van der Waals surface area contributed by atoms with Gasteiger partial charge in [0.05, 0.1) is 13.7 Å². The summed E-state index contributed by atoms with van der Waals surface area (Å²) in [4.78, 5) is 0. The summed E-state index contributed by atoms with van der Waals surface area (Å²) in [5.41, 5.74) is 2.55. The summed E-state index contributed by atoms with van der Waals surface area (Å²) >= 11 is 0. The molecule has 1 fully saturated rings. The van der Waals surface area contributed by atoms with E-state index >= 15 is 0 Å². The van der Waals surface area contributed by atoms with Gasteiger partial charge in [-0.2, -0.15) is 0 Å². The minimum atomic E-state index is -1.52. The standard InChI is InChI=1S/C20H28N2O7/c1-10(2)15-12(8-11-6-4-5-7-13(11)27-3)19(22-21-15)29-20-18(26)17(25)16(24)14(9-23)28-20/h4-7,10,14,16-18,20,23-26H,8-9H2,1-3H3,(H,21,22)/t14-,16-,17+,18-,20+/m1/s1. The van der Waals surface area contributed by atoms with Crippen molar-refractivity contribution in [2.24, 2.45) is 0 Å². The zero-order valence-corrected chi connectivity index (χ0v) is 16.6. The predicted octanol–water partition coefficient (Wildman–Crippen LogP) is 0.311. The van der Waals surface area contributed by atoms with Crippen LogP contribution in [-0.2, 0) is 11.2 Å². The molecular weight excluding hydrogens is 380 g/mol. The Kier molecular flexibility index (Phi) is 6.76. The van der Waals surface area contributed by atoms with Crippen LogP contribution in [0.1, 0.15) is 36.6 Å². The Morgan fingerprint density at radius 2 is 1.86 bits per heavy atom. The third-order valence-corrected chi connectivity index (χ3v) is 5.07. The maximum atomic E-state index is 10.3. The van der Waals surface area contributed by atoms with Crippen LogP contribution in [0.15, 0.2) is 24.3 Å². The van der Waals surface area contributed by atoms with Gasteiger partial charge in [0.25, 0.3) is 0 Å². The van der Waals surface area contributed by atoms with Gasteiger partial charge in [0.15, 0.2) is 0 Å². The Hall–Kier alpha value is -2.17. The molecular formula is C20H28N2O7. The minimum absolute atomic E-state index is 0.124. The Labute approximate surface area is 168 Å². The molecule has 1 aromatic carbocycles. The zero-order valence-electron chi connectivity index (χ0n) is 16.6. The lowest BCUT2D eigenvalue weighted by molar-refractivity contribution is -0.278. The van der Waals surface area contributed by atoms with Gasteiger partial charge < -0.3 is 34.6 Å². The number of aromatic amines is 1. The first-order chi connectivity index (χ1) is 13.9. The molecule has 1 saturated heterocycles. The van der Waals surface area contributed by atoms with Crippen LogP contribution in [-0.4, -0.2) is 75.0 Å². The van der Waals surface area contributed by atoms with Crippen molar-refractivity contribution in [3.8, 4) is 11.6 Å². The van der Waals surface area contributed by atoms with Gasteiger partial charge in [0.1, 0.15) is 30.2 Å². The van der Waals surface area contributed by atoms with E-state index in [2.05, 4.69) is 10.2 Å². The highest BCUT2D eigenvalue weighted by Crippen LogP contribution is 2.32. The normalized spacial score (nSPS) is 27.2. The number of aromatic nitrogens is 2. The summed E-state index contributed by atoms with van der Waals surface area (Å²) in [6, 6.07) is 7.59. The monoisotopic (exact) mass is 408 g/mol. The van der Waals surface area contributed by atoms with E-state index in [1.807, 2.05) is 38.1 Å². The fraction of sp³-hybridized carbons (Fsp3) is 0.550. The number of aliphatic hydroxyl groups is 4. The van der Waals surface area contributed by atoms with Gasteiger partial charge in [-0.05, 0) is 17.5 Å². The summed E-state index contributed by atoms with van der Waals surface area (Å²) < 4.78 is 16.7. The molecule has 0 spiro atoms. The highest BCUT2D eigenvalue weighted by molar-refractivity contribution is 5.42. The lowest BCUT2D eigenvalue weighted by Crippen LogP contribution is -2.60. The molecule has 0 saturated carbocycles. The van der Waals surface area contributed by atoms with Crippen LogP contribution >= 0.6 is 0 Å². The van der Waals surface area contributed by atoms with Crippen molar-refractivity contribution < 1.29 is 34.6 Å². The number of hydrogen-bond donors (Lipinski definition) is 5. The van der Waals surface area contributed by atoms with Gasteiger partial charge in [-0.3, -0.25) is 5.10 Å². The lowest BCUT2D eigenvalue weighted by Gasteiger charge is -2.39. The van der Waals surface area contributed by atoms with Crippen molar-refractivity contribution in [3.05, 3.63) is 41.1 Å². The second-order valence-electron chi connectivity index (χ2n) is 7.38. The number of aliphatic hydroxyl groups excluding tert-OH is 4. The fourth-order valence-corrected chi connectivity index (χ4v) is 3.42. The maximum Gasteiger partial charge on any atom is 0.238 e. The third-order valence-electron chi connectivity index (χ3n) is 5.07. The van der Waals surface area contributed by atoms with Crippen molar-refractivity contribution in [1.82, 2.24) is 10.2 Å². The summed E-state index contributed by atoms with van der Waals surface area (Å²) in [5.74, 6) is 1.06. The number of methoxy groups -OCH3 is 1. The number of rotatable bonds is 7. The molecule has 0 amide bonds. The van der Waals surface area contributed by atoms with Crippen LogP contribution in [0, 0.1) is 0 Å². The minimum Gasteiger partial charge on any atom is -0.496 e. The Morgan fingerprint density at radius 1 is 1.14 bits per heavy atom. The van der Waals surface area contributed by atoms with Gasteiger partial charge in [-0.15, -0.1) is 5.10 Å². The van der Waals surface area contributed by atoms with Crippen molar-refractivity contribution in [2.45, 2.75) is 56.9 Å². The van der Waals surface area contributed by atoms with Gasteiger partial charge in [-0.25, -0.2) is 0 Å². The molecule has 0 unspecified atom stereocenters. The molecule has 0 aliphatic carbocycles. The van der Waals surface area contributed by atoms with Crippen LogP contribution < -0.4 is 9.47 Å². The Balaban J connectivity index is 1.90. The van der Waals surface area contributed by atoms with E-state index in [1.165, 1.54) is 0 Å². The van der Waals surface area contributed by atoms with E-state index in [9.17, 15) is 20.4 Å². The predicted molar refractivity (Wildman–Crippen MR) is 103 cm³/mol. The van der Waals surface area contributed by atoms with E-state index in [1.54, 1.807) is 7.11 Å². The first-order valence-electron chi connectivity index (χ1n) is 9.53. The molecule has 1 aliphatic rings. The van der Waals surface area contributed by atoms with Gasteiger partial charge in [-0.1, -0.05) is 32.0 Å². The number of nitrogens with zero attached hydrogens (tertiary/aromatic N) is 1. The molecule has 1 aliphatic heterocycles. The van der Waals surface area contributed by atoms with Gasteiger partial charge in [0, 0.05) is 17.7 Å². The molecule has 9 nitrogen and oxygen atoms in total. The lowest BCUT2D eigenvalue weighted by atomic mass is 9.98. The average Bonchev–Trinajstić information content (AvgIpc) is 3.11. The number of benzene rings is 1. The first-order valence-corrected chi connectivity index (χ1v) is 9.53. The number of H-pyrrole nitrogens is 1. The number of para-hydroxylation sites is 1. The molecule has 9 heteroatoms. The van der Waals surface area contributed by atoms with E-state index < -0.39 is 37.3 Å². The van der Waals surface area contributed by atoms with Gasteiger partial charge >= 0.3 is 0 Å². The number of ether oxygens (including phenoxy) is 3. The fourth-order valence-electron chi connectivity index (χ4n) is 3.42. The number of nitrogens with one attached hydrogen (secondary N) is 1.